The van der Waals surface area contributed by atoms with Crippen LogP contribution in [0, 0.1) is 0 Å². The lowest BCUT2D eigenvalue weighted by atomic mass is 10.2. The predicted molar refractivity (Wildman–Crippen MR) is 66.6 cm³/mol. The van der Waals surface area contributed by atoms with Crippen molar-refractivity contribution in [1.82, 2.24) is 4.72 Å². The largest absolute Gasteiger partial charge is 0.480 e. The van der Waals surface area contributed by atoms with Crippen LogP contribution < -0.4 is 4.72 Å². The van der Waals surface area contributed by atoms with Crippen LogP contribution in [0.4, 0.5) is 0 Å². The zero-order valence-electron chi connectivity index (χ0n) is 10.4. The molecule has 110 valence electrons. The number of methoxy groups -OCH3 is 1. The molecule has 1 rings (SSSR count). The topological polar surface area (TPSA) is 130 Å². The fourth-order valence-corrected chi connectivity index (χ4v) is 2.56. The molecule has 0 saturated heterocycles. The number of carboxylic acids is 1. The number of aliphatic hydroxyl groups is 1. The maximum absolute atomic E-state index is 11.9. The van der Waals surface area contributed by atoms with E-state index >= 15 is 0 Å². The molecule has 3 N–H and O–H groups in total. The molecule has 0 aromatic heterocycles. The number of hydrogen-bond acceptors (Lipinski definition) is 6. The first-order valence-electron chi connectivity index (χ1n) is 5.36. The predicted octanol–water partition coefficient (Wildman–Crippen LogP) is -0.803. The number of ether oxygens (including phenoxy) is 1. The number of sulfonamides is 1. The Kier molecular flexibility index (Phi) is 5.19. The molecule has 0 amide bonds. The Morgan fingerprint density at radius 3 is 2.55 bits per heavy atom. The molecule has 0 heterocycles. The van der Waals surface area contributed by atoms with Gasteiger partial charge in [0.05, 0.1) is 24.2 Å². The number of aliphatic hydroxyl groups excluding tert-OH is 1. The van der Waals surface area contributed by atoms with Crippen LogP contribution in [0.2, 0.25) is 0 Å². The van der Waals surface area contributed by atoms with E-state index in [1.165, 1.54) is 18.2 Å². The lowest BCUT2D eigenvalue weighted by Gasteiger charge is -2.12. The minimum absolute atomic E-state index is 0.00579. The van der Waals surface area contributed by atoms with E-state index in [9.17, 15) is 18.0 Å². The van der Waals surface area contributed by atoms with Gasteiger partial charge >= 0.3 is 11.9 Å². The highest BCUT2D eigenvalue weighted by atomic mass is 32.2. The Hall–Kier alpha value is -1.97. The highest BCUT2D eigenvalue weighted by Crippen LogP contribution is 2.12. The first-order valence-corrected chi connectivity index (χ1v) is 6.84. The molecular formula is C11H13NO7S. The fraction of sp³-hybridized carbons (Fsp3) is 0.273. The Morgan fingerprint density at radius 1 is 1.40 bits per heavy atom. The molecule has 0 aliphatic rings. The molecule has 0 aliphatic carbocycles. The van der Waals surface area contributed by atoms with Crippen molar-refractivity contribution in [3.63, 3.8) is 0 Å². The SMILES string of the molecule is COC(=O)c1cccc(S(=O)(=O)NC(CO)C(=O)O)c1. The Bertz CT molecular complexity index is 611. The average molecular weight is 303 g/mol. The maximum Gasteiger partial charge on any atom is 0.337 e. The summed E-state index contributed by atoms with van der Waals surface area (Å²) in [5, 5.41) is 17.5. The van der Waals surface area contributed by atoms with Crippen molar-refractivity contribution >= 4 is 22.0 Å². The van der Waals surface area contributed by atoms with Gasteiger partial charge in [0.15, 0.2) is 0 Å². The van der Waals surface area contributed by atoms with Gasteiger partial charge in [-0.2, -0.15) is 4.72 Å². The Balaban J connectivity index is 3.10. The van der Waals surface area contributed by atoms with Crippen LogP contribution in [0.1, 0.15) is 10.4 Å². The van der Waals surface area contributed by atoms with Crippen molar-refractivity contribution in [3.8, 4) is 0 Å². The summed E-state index contributed by atoms with van der Waals surface area (Å²) >= 11 is 0. The third-order valence-electron chi connectivity index (χ3n) is 2.34. The molecule has 0 aliphatic heterocycles. The summed E-state index contributed by atoms with van der Waals surface area (Å²) in [5.74, 6) is -2.24. The van der Waals surface area contributed by atoms with E-state index in [-0.39, 0.29) is 10.5 Å². The first-order chi connectivity index (χ1) is 9.31. The normalized spacial score (nSPS) is 12.7. The second-order valence-electron chi connectivity index (χ2n) is 3.71. The van der Waals surface area contributed by atoms with Gasteiger partial charge in [0.25, 0.3) is 0 Å². The molecule has 1 atom stereocenters. The summed E-state index contributed by atoms with van der Waals surface area (Å²) in [4.78, 5) is 21.7. The van der Waals surface area contributed by atoms with Gasteiger partial charge in [-0.1, -0.05) is 6.07 Å². The second-order valence-corrected chi connectivity index (χ2v) is 5.43. The van der Waals surface area contributed by atoms with Gasteiger partial charge in [0.1, 0.15) is 6.04 Å². The molecule has 0 radical (unpaired) electrons. The Labute approximate surface area is 115 Å². The van der Waals surface area contributed by atoms with Crippen molar-refractivity contribution in [2.45, 2.75) is 10.9 Å². The van der Waals surface area contributed by atoms with Crippen LogP contribution in [0.3, 0.4) is 0 Å². The smallest absolute Gasteiger partial charge is 0.337 e. The molecule has 8 nitrogen and oxygen atoms in total. The van der Waals surface area contributed by atoms with E-state index in [4.69, 9.17) is 10.2 Å². The number of rotatable bonds is 6. The minimum Gasteiger partial charge on any atom is -0.480 e. The van der Waals surface area contributed by atoms with Crippen LogP contribution in [0.15, 0.2) is 29.2 Å². The minimum atomic E-state index is -4.18. The first kappa shape index (κ1) is 16.1. The summed E-state index contributed by atoms with van der Waals surface area (Å²) in [7, 11) is -3.03. The van der Waals surface area contributed by atoms with Crippen molar-refractivity contribution in [1.29, 1.82) is 0 Å². The van der Waals surface area contributed by atoms with Gasteiger partial charge < -0.3 is 14.9 Å². The Morgan fingerprint density at radius 2 is 2.05 bits per heavy atom. The second kappa shape index (κ2) is 6.46. The van der Waals surface area contributed by atoms with E-state index in [1.807, 2.05) is 4.72 Å². The van der Waals surface area contributed by atoms with E-state index in [2.05, 4.69) is 4.74 Å². The summed E-state index contributed by atoms with van der Waals surface area (Å²) in [5.41, 5.74) is 0.00579. The molecule has 0 spiro atoms. The number of aliphatic carboxylic acids is 1. The molecule has 9 heteroatoms. The van der Waals surface area contributed by atoms with E-state index in [1.54, 1.807) is 0 Å². The highest BCUT2D eigenvalue weighted by Gasteiger charge is 2.25. The van der Waals surface area contributed by atoms with Crippen LogP contribution in [0.5, 0.6) is 0 Å². The van der Waals surface area contributed by atoms with E-state index in [0.29, 0.717) is 0 Å². The molecule has 1 aromatic rings. The highest BCUT2D eigenvalue weighted by molar-refractivity contribution is 7.89. The van der Waals surface area contributed by atoms with Crippen LogP contribution in [-0.2, 0) is 19.6 Å². The van der Waals surface area contributed by atoms with Gasteiger partial charge in [-0.05, 0) is 18.2 Å². The van der Waals surface area contributed by atoms with Gasteiger partial charge in [-0.15, -0.1) is 0 Å². The fourth-order valence-electron chi connectivity index (χ4n) is 1.33. The standard InChI is InChI=1S/C11H13NO7S/c1-19-11(16)7-3-2-4-8(5-7)20(17,18)12-9(6-13)10(14)15/h2-5,9,12-13H,6H2,1H3,(H,14,15). The third kappa shape index (κ3) is 3.76. The van der Waals surface area contributed by atoms with Gasteiger partial charge in [0, 0.05) is 0 Å². The monoisotopic (exact) mass is 303 g/mol. The summed E-state index contributed by atoms with van der Waals surface area (Å²) in [6.07, 6.45) is 0. The zero-order chi connectivity index (χ0) is 15.3. The number of esters is 1. The van der Waals surface area contributed by atoms with E-state index < -0.39 is 34.6 Å². The van der Waals surface area contributed by atoms with Crippen LogP contribution in [-0.4, -0.2) is 50.3 Å². The molecule has 1 unspecified atom stereocenters. The third-order valence-corrected chi connectivity index (χ3v) is 3.81. The average Bonchev–Trinajstić information content (AvgIpc) is 2.43. The molecule has 0 bridgehead atoms. The van der Waals surface area contributed by atoms with Crippen molar-refractivity contribution in [2.75, 3.05) is 13.7 Å². The van der Waals surface area contributed by atoms with Crippen LogP contribution >= 0.6 is 0 Å². The molecule has 1 aromatic carbocycles. The van der Waals surface area contributed by atoms with Gasteiger partial charge in [-0.25, -0.2) is 13.2 Å². The summed E-state index contributed by atoms with van der Waals surface area (Å²) in [6, 6.07) is 3.23. The molecule has 0 fully saturated rings. The van der Waals surface area contributed by atoms with Crippen molar-refractivity contribution in [3.05, 3.63) is 29.8 Å². The zero-order valence-corrected chi connectivity index (χ0v) is 11.3. The van der Waals surface area contributed by atoms with Crippen LogP contribution in [0.25, 0.3) is 0 Å². The van der Waals surface area contributed by atoms with Gasteiger partial charge in [-0.3, -0.25) is 4.79 Å². The van der Waals surface area contributed by atoms with Crippen molar-refractivity contribution in [2.24, 2.45) is 0 Å². The number of nitrogens with one attached hydrogen (secondary N) is 1. The number of carbonyl (C=O) groups is 2. The summed E-state index contributed by atoms with van der Waals surface area (Å²) in [6.45, 7) is -0.898. The molecular weight excluding hydrogens is 290 g/mol. The van der Waals surface area contributed by atoms with E-state index in [0.717, 1.165) is 13.2 Å². The number of carbonyl (C=O) groups excluding carboxylic acids is 1. The number of benzene rings is 1. The summed E-state index contributed by atoms with van der Waals surface area (Å²) < 4.78 is 30.1. The lowest BCUT2D eigenvalue weighted by Crippen LogP contribution is -2.43. The maximum atomic E-state index is 11.9. The number of hydrogen-bond donors (Lipinski definition) is 3. The quantitative estimate of drug-likeness (QED) is 0.586. The number of carboxylic acid groups (broad SMARTS) is 1. The lowest BCUT2D eigenvalue weighted by molar-refractivity contribution is -0.139. The van der Waals surface area contributed by atoms with Crippen molar-refractivity contribution < 1.29 is 33.0 Å². The molecule has 20 heavy (non-hydrogen) atoms. The molecule has 0 saturated carbocycles. The van der Waals surface area contributed by atoms with Gasteiger partial charge in [0.2, 0.25) is 10.0 Å².